The molecule has 3 nitrogen and oxygen atoms in total. The molecule has 0 saturated carbocycles. The van der Waals surface area contributed by atoms with E-state index in [1.54, 1.807) is 18.5 Å². The lowest BCUT2D eigenvalue weighted by molar-refractivity contribution is 0.594. The summed E-state index contributed by atoms with van der Waals surface area (Å²) in [5.74, 6) is 0.201. The van der Waals surface area contributed by atoms with Crippen molar-refractivity contribution in [3.8, 4) is 0 Å². The molecule has 20 heavy (non-hydrogen) atoms. The summed E-state index contributed by atoms with van der Waals surface area (Å²) < 4.78 is 26.7. The van der Waals surface area contributed by atoms with Crippen molar-refractivity contribution in [2.24, 2.45) is 0 Å². The van der Waals surface area contributed by atoms with Crippen molar-refractivity contribution >= 4 is 38.6 Å². The van der Waals surface area contributed by atoms with Crippen LogP contribution >= 0.6 is 22.9 Å². The lowest BCUT2D eigenvalue weighted by Crippen LogP contribution is -2.27. The van der Waals surface area contributed by atoms with E-state index in [9.17, 15) is 8.42 Å². The maximum absolute atomic E-state index is 12.7. The van der Waals surface area contributed by atoms with E-state index in [0.29, 0.717) is 15.5 Å². The van der Waals surface area contributed by atoms with Crippen LogP contribution in [0.4, 0.5) is 5.69 Å². The molecule has 0 aliphatic rings. The highest BCUT2D eigenvalue weighted by Gasteiger charge is 2.25. The van der Waals surface area contributed by atoms with Crippen LogP contribution in [0.3, 0.4) is 0 Å². The van der Waals surface area contributed by atoms with E-state index in [2.05, 4.69) is 0 Å². The molecule has 1 heterocycles. The Hall–Kier alpha value is -1.04. The van der Waals surface area contributed by atoms with Crippen LogP contribution in [0.2, 0.25) is 0 Å². The highest BCUT2D eigenvalue weighted by molar-refractivity contribution is 7.93. The topological polar surface area (TPSA) is 37.4 Å². The van der Waals surface area contributed by atoms with E-state index in [1.165, 1.54) is 15.6 Å². The standard InChI is InChI=1S/C14H16ClNO2S2/c1-10-4-5-12(11(2)8-10)16(3)20(17,18)14-6-7-19-13(14)9-15/h4-8H,9H2,1-3H3. The zero-order chi connectivity index (χ0) is 14.9. The number of rotatable bonds is 4. The second-order valence-corrected chi connectivity index (χ2v) is 7.81. The SMILES string of the molecule is Cc1ccc(N(C)S(=O)(=O)c2ccsc2CCl)c(C)c1. The summed E-state index contributed by atoms with van der Waals surface area (Å²) in [5, 5.41) is 1.75. The first-order chi connectivity index (χ1) is 9.37. The summed E-state index contributed by atoms with van der Waals surface area (Å²) in [7, 11) is -2.00. The third-order valence-corrected chi connectivity index (χ3v) is 6.49. The van der Waals surface area contributed by atoms with Gasteiger partial charge in [0.25, 0.3) is 10.0 Å². The minimum absolute atomic E-state index is 0.201. The Morgan fingerprint density at radius 2 is 1.95 bits per heavy atom. The van der Waals surface area contributed by atoms with Crippen molar-refractivity contribution < 1.29 is 8.42 Å². The van der Waals surface area contributed by atoms with Crippen LogP contribution in [0.1, 0.15) is 16.0 Å². The van der Waals surface area contributed by atoms with Crippen molar-refractivity contribution in [3.05, 3.63) is 45.6 Å². The van der Waals surface area contributed by atoms with E-state index < -0.39 is 10.0 Å². The Labute approximate surface area is 128 Å². The summed E-state index contributed by atoms with van der Waals surface area (Å²) in [5.41, 5.74) is 2.72. The molecular weight excluding hydrogens is 314 g/mol. The molecule has 0 aliphatic carbocycles. The molecular formula is C14H16ClNO2S2. The van der Waals surface area contributed by atoms with Gasteiger partial charge in [-0.1, -0.05) is 17.7 Å². The van der Waals surface area contributed by atoms with E-state index in [4.69, 9.17) is 11.6 Å². The highest BCUT2D eigenvalue weighted by atomic mass is 35.5. The lowest BCUT2D eigenvalue weighted by atomic mass is 10.1. The van der Waals surface area contributed by atoms with Gasteiger partial charge in [0.05, 0.1) is 11.6 Å². The van der Waals surface area contributed by atoms with E-state index in [1.807, 2.05) is 32.0 Å². The summed E-state index contributed by atoms with van der Waals surface area (Å²) >= 11 is 7.17. The Morgan fingerprint density at radius 3 is 2.55 bits per heavy atom. The Bertz CT molecular complexity index is 723. The van der Waals surface area contributed by atoms with Crippen molar-refractivity contribution in [3.63, 3.8) is 0 Å². The van der Waals surface area contributed by atoms with E-state index in [0.717, 1.165) is 11.1 Å². The van der Waals surface area contributed by atoms with Crippen molar-refractivity contribution in [2.75, 3.05) is 11.4 Å². The van der Waals surface area contributed by atoms with Gasteiger partial charge in [0.2, 0.25) is 0 Å². The van der Waals surface area contributed by atoms with Gasteiger partial charge < -0.3 is 0 Å². The molecule has 0 N–H and O–H groups in total. The van der Waals surface area contributed by atoms with Gasteiger partial charge in [-0.25, -0.2) is 8.42 Å². The molecule has 1 aromatic heterocycles. The van der Waals surface area contributed by atoms with E-state index >= 15 is 0 Å². The van der Waals surface area contributed by atoms with Crippen LogP contribution in [0.25, 0.3) is 0 Å². The van der Waals surface area contributed by atoms with Crippen molar-refractivity contribution in [1.29, 1.82) is 0 Å². The Kier molecular flexibility index (Phi) is 4.42. The number of halogens is 1. The van der Waals surface area contributed by atoms with Gasteiger partial charge in [0, 0.05) is 11.9 Å². The fourth-order valence-electron chi connectivity index (χ4n) is 2.09. The van der Waals surface area contributed by atoms with Crippen molar-refractivity contribution in [1.82, 2.24) is 0 Å². The smallest absolute Gasteiger partial charge is 0.265 e. The first kappa shape index (κ1) is 15.4. The summed E-state index contributed by atoms with van der Waals surface area (Å²) in [4.78, 5) is 0.961. The number of benzene rings is 1. The zero-order valence-corrected chi connectivity index (χ0v) is 13.9. The number of anilines is 1. The molecule has 0 spiro atoms. The van der Waals surface area contributed by atoms with Crippen molar-refractivity contribution in [2.45, 2.75) is 24.6 Å². The average Bonchev–Trinajstić information content (AvgIpc) is 2.87. The minimum atomic E-state index is -3.57. The van der Waals surface area contributed by atoms with Gasteiger partial charge in [-0.05, 0) is 36.9 Å². The molecule has 2 rings (SSSR count). The van der Waals surface area contributed by atoms with Gasteiger partial charge in [-0.15, -0.1) is 22.9 Å². The Balaban J connectivity index is 2.49. The molecule has 0 aliphatic heterocycles. The van der Waals surface area contributed by atoms with E-state index in [-0.39, 0.29) is 5.88 Å². The first-order valence-electron chi connectivity index (χ1n) is 6.06. The van der Waals surface area contributed by atoms with Crippen LogP contribution in [0, 0.1) is 13.8 Å². The number of aryl methyl sites for hydroxylation is 2. The third kappa shape index (κ3) is 2.71. The molecule has 0 bridgehead atoms. The average molecular weight is 330 g/mol. The van der Waals surface area contributed by atoms with Crippen LogP contribution in [-0.2, 0) is 15.9 Å². The van der Waals surface area contributed by atoms with Crippen LogP contribution in [-0.4, -0.2) is 15.5 Å². The van der Waals surface area contributed by atoms with Gasteiger partial charge in [0.15, 0.2) is 0 Å². The molecule has 0 unspecified atom stereocenters. The normalized spacial score (nSPS) is 11.6. The fraction of sp³-hybridized carbons (Fsp3) is 0.286. The number of sulfonamides is 1. The van der Waals surface area contributed by atoms with Gasteiger partial charge >= 0.3 is 0 Å². The zero-order valence-electron chi connectivity index (χ0n) is 11.6. The number of nitrogens with zero attached hydrogens (tertiary/aromatic N) is 1. The molecule has 6 heteroatoms. The first-order valence-corrected chi connectivity index (χ1v) is 8.92. The quantitative estimate of drug-likeness (QED) is 0.797. The lowest BCUT2D eigenvalue weighted by Gasteiger charge is -2.21. The van der Waals surface area contributed by atoms with Gasteiger partial charge in [-0.3, -0.25) is 4.31 Å². The van der Waals surface area contributed by atoms with Crippen LogP contribution < -0.4 is 4.31 Å². The molecule has 0 radical (unpaired) electrons. The fourth-order valence-corrected chi connectivity index (χ4v) is 5.02. The number of alkyl halides is 1. The predicted molar refractivity (Wildman–Crippen MR) is 85.4 cm³/mol. The molecule has 1 aromatic carbocycles. The molecule has 0 amide bonds. The van der Waals surface area contributed by atoms with Gasteiger partial charge in [0.1, 0.15) is 4.90 Å². The largest absolute Gasteiger partial charge is 0.269 e. The molecule has 0 fully saturated rings. The third-order valence-electron chi connectivity index (χ3n) is 3.16. The maximum Gasteiger partial charge on any atom is 0.265 e. The minimum Gasteiger partial charge on any atom is -0.269 e. The summed E-state index contributed by atoms with van der Waals surface area (Å²) in [6.45, 7) is 3.89. The Morgan fingerprint density at radius 1 is 1.25 bits per heavy atom. The van der Waals surface area contributed by atoms with Gasteiger partial charge in [-0.2, -0.15) is 0 Å². The summed E-state index contributed by atoms with van der Waals surface area (Å²) in [6, 6.07) is 7.31. The number of hydrogen-bond acceptors (Lipinski definition) is 3. The highest BCUT2D eigenvalue weighted by Crippen LogP contribution is 2.30. The second kappa shape index (κ2) is 5.76. The predicted octanol–water partition coefficient (Wildman–Crippen LogP) is 3.93. The second-order valence-electron chi connectivity index (χ2n) is 4.60. The van der Waals surface area contributed by atoms with Crippen LogP contribution in [0.15, 0.2) is 34.5 Å². The van der Waals surface area contributed by atoms with Crippen LogP contribution in [0.5, 0.6) is 0 Å². The molecule has 0 saturated heterocycles. The monoisotopic (exact) mass is 329 g/mol. The number of thiophene rings is 1. The summed E-state index contributed by atoms with van der Waals surface area (Å²) in [6.07, 6.45) is 0. The molecule has 108 valence electrons. The molecule has 2 aromatic rings. The number of hydrogen-bond donors (Lipinski definition) is 0. The molecule has 0 atom stereocenters. The maximum atomic E-state index is 12.7.